The molecule has 1 atom stereocenters. The molecular formula is C25H19Cl4F6NO2. The lowest BCUT2D eigenvalue weighted by molar-refractivity contribution is -0.141. The van der Waals surface area contributed by atoms with E-state index in [2.05, 4.69) is 0 Å². The van der Waals surface area contributed by atoms with Crippen LogP contribution in [0.4, 0.5) is 26.3 Å². The lowest BCUT2D eigenvalue weighted by Crippen LogP contribution is -2.38. The van der Waals surface area contributed by atoms with Crippen LogP contribution in [0.15, 0.2) is 36.4 Å². The van der Waals surface area contributed by atoms with Crippen molar-refractivity contribution < 1.29 is 35.9 Å². The van der Waals surface area contributed by atoms with Gasteiger partial charge in [-0.1, -0.05) is 64.6 Å². The largest absolute Gasteiger partial charge is 0.405 e. The van der Waals surface area contributed by atoms with Gasteiger partial charge >= 0.3 is 12.4 Å². The number of hydrogen-bond acceptors (Lipinski definition) is 2. The molecule has 206 valence electrons. The smallest absolute Gasteiger partial charge is 0.347 e. The van der Waals surface area contributed by atoms with Gasteiger partial charge in [0.25, 0.3) is 0 Å². The van der Waals surface area contributed by atoms with E-state index in [1.165, 1.54) is 24.3 Å². The summed E-state index contributed by atoms with van der Waals surface area (Å²) in [7, 11) is 0. The number of carbonyl (C=O) groups excluding carboxylic acids is 2. The summed E-state index contributed by atoms with van der Waals surface area (Å²) in [5.74, 6) is -3.26. The Morgan fingerprint density at radius 2 is 1.55 bits per heavy atom. The van der Waals surface area contributed by atoms with E-state index >= 15 is 0 Å². The Hall–Kier alpha value is -1.94. The second kappa shape index (κ2) is 11.7. The maximum atomic E-state index is 13.7. The number of hydrogen-bond donors (Lipinski definition) is 1. The van der Waals surface area contributed by atoms with Gasteiger partial charge in [-0.05, 0) is 54.7 Å². The fourth-order valence-corrected chi connectivity index (χ4v) is 4.74. The highest BCUT2D eigenvalue weighted by molar-refractivity contribution is 6.48. The molecule has 2 aromatic rings. The number of ketones is 1. The van der Waals surface area contributed by atoms with Gasteiger partial charge in [0.15, 0.2) is 5.78 Å². The van der Waals surface area contributed by atoms with Gasteiger partial charge in [-0.2, -0.15) is 26.3 Å². The number of Topliss-reactive ketones (excluding diaryl/α,β-unsaturated/α-hetero) is 1. The monoisotopic (exact) mass is 619 g/mol. The molecule has 2 aromatic carbocycles. The van der Waals surface area contributed by atoms with Crippen LogP contribution in [0, 0.1) is 5.41 Å². The number of carbonyl (C=O) groups is 2. The molecule has 13 heteroatoms. The van der Waals surface area contributed by atoms with Crippen molar-refractivity contribution in [3.8, 4) is 0 Å². The van der Waals surface area contributed by atoms with E-state index in [9.17, 15) is 35.9 Å². The first kappa shape index (κ1) is 30.6. The molecule has 1 aliphatic rings. The molecule has 0 spiro atoms. The van der Waals surface area contributed by atoms with Gasteiger partial charge in [-0.3, -0.25) is 9.59 Å². The predicted molar refractivity (Wildman–Crippen MR) is 135 cm³/mol. The van der Waals surface area contributed by atoms with Crippen molar-refractivity contribution in [2.45, 2.75) is 44.0 Å². The van der Waals surface area contributed by atoms with Crippen molar-refractivity contribution in [1.82, 2.24) is 5.32 Å². The van der Waals surface area contributed by atoms with Crippen LogP contribution >= 0.6 is 46.4 Å². The Kier molecular flexibility index (Phi) is 9.39. The molecule has 1 fully saturated rings. The van der Waals surface area contributed by atoms with Crippen molar-refractivity contribution >= 4 is 64.2 Å². The normalized spacial score (nSPS) is 15.9. The highest BCUT2D eigenvalue weighted by atomic mass is 35.5. The van der Waals surface area contributed by atoms with Gasteiger partial charge in [0, 0.05) is 17.4 Å². The Morgan fingerprint density at radius 1 is 0.947 bits per heavy atom. The van der Waals surface area contributed by atoms with Crippen LogP contribution in [-0.2, 0) is 4.79 Å². The highest BCUT2D eigenvalue weighted by Gasteiger charge is 2.50. The zero-order chi connectivity index (χ0) is 28.5. The summed E-state index contributed by atoms with van der Waals surface area (Å²) in [5.41, 5.74) is -0.883. The van der Waals surface area contributed by atoms with E-state index in [1.807, 2.05) is 5.32 Å². The third-order valence-electron chi connectivity index (χ3n) is 6.11. The van der Waals surface area contributed by atoms with E-state index < -0.39 is 41.9 Å². The fourth-order valence-electron chi connectivity index (χ4n) is 3.83. The molecule has 38 heavy (non-hydrogen) atoms. The summed E-state index contributed by atoms with van der Waals surface area (Å²) >= 11 is 23.8. The van der Waals surface area contributed by atoms with Crippen LogP contribution in [0.5, 0.6) is 0 Å². The minimum Gasteiger partial charge on any atom is -0.347 e. The number of rotatable bonds is 9. The van der Waals surface area contributed by atoms with Crippen molar-refractivity contribution in [3.63, 3.8) is 0 Å². The van der Waals surface area contributed by atoms with Crippen molar-refractivity contribution in [2.75, 3.05) is 6.54 Å². The molecule has 0 saturated heterocycles. The van der Waals surface area contributed by atoms with Gasteiger partial charge in [0.1, 0.15) is 6.54 Å². The molecule has 0 aromatic heterocycles. The third kappa shape index (κ3) is 7.81. The Labute approximate surface area is 234 Å². The molecule has 1 aliphatic carbocycles. The first-order valence-corrected chi connectivity index (χ1v) is 12.6. The molecule has 0 bridgehead atoms. The molecule has 1 saturated carbocycles. The summed E-state index contributed by atoms with van der Waals surface area (Å²) in [6.07, 6.45) is -6.51. The molecule has 1 unspecified atom stereocenters. The Balaban J connectivity index is 1.70. The van der Waals surface area contributed by atoms with Gasteiger partial charge in [0.2, 0.25) is 5.91 Å². The summed E-state index contributed by atoms with van der Waals surface area (Å²) in [6.45, 7) is -1.45. The number of halogens is 10. The minimum absolute atomic E-state index is 0.0235. The quantitative estimate of drug-likeness (QED) is 0.173. The van der Waals surface area contributed by atoms with Crippen LogP contribution in [-0.4, -0.2) is 30.6 Å². The average Bonchev–Trinajstić information content (AvgIpc) is 3.59. The molecule has 3 nitrogen and oxygen atoms in total. The number of nitrogens with one attached hydrogen (secondary N) is 1. The van der Waals surface area contributed by atoms with Crippen LogP contribution in [0.2, 0.25) is 20.1 Å². The van der Waals surface area contributed by atoms with Crippen LogP contribution in [0.3, 0.4) is 0 Å². The highest BCUT2D eigenvalue weighted by Crippen LogP contribution is 2.50. The number of allylic oxidation sites excluding steroid dienone is 1. The topological polar surface area (TPSA) is 46.2 Å². The Bertz CT molecular complexity index is 1230. The SMILES string of the molecule is O=C(CCC1(C(=O)NCC(F)(F)F)CC1)c1ccc(/C=C/C(c2cc(Cl)c(Cl)c(Cl)c2)C(F)(F)F)cc1Cl. The standard InChI is InChI=1S/C25H19Cl4F6NO2/c26-17-9-13(2-4-16(25(33,34)35)14-10-18(27)21(29)19(28)11-14)1-3-15(17)20(37)5-6-23(7-8-23)22(38)36-12-24(30,31)32/h1-4,9-11,16H,5-8,12H2,(H,36,38)/b4-2+. The van der Waals surface area contributed by atoms with E-state index in [0.29, 0.717) is 12.8 Å². The van der Waals surface area contributed by atoms with Gasteiger partial charge < -0.3 is 5.32 Å². The molecule has 1 N–H and O–H groups in total. The molecular weight excluding hydrogens is 602 g/mol. The zero-order valence-corrected chi connectivity index (χ0v) is 22.3. The maximum Gasteiger partial charge on any atom is 0.405 e. The van der Waals surface area contributed by atoms with Crippen LogP contribution < -0.4 is 5.32 Å². The van der Waals surface area contributed by atoms with E-state index in [0.717, 1.165) is 18.2 Å². The molecule has 0 radical (unpaired) electrons. The average molecular weight is 621 g/mol. The minimum atomic E-state index is -4.68. The third-order valence-corrected chi connectivity index (χ3v) is 7.62. The van der Waals surface area contributed by atoms with Crippen LogP contribution in [0.1, 0.15) is 53.1 Å². The summed E-state index contributed by atoms with van der Waals surface area (Å²) in [4.78, 5) is 24.8. The van der Waals surface area contributed by atoms with E-state index in [1.54, 1.807) is 0 Å². The molecule has 0 aliphatic heterocycles. The van der Waals surface area contributed by atoms with Gasteiger partial charge in [0.05, 0.1) is 26.0 Å². The molecule has 1 amide bonds. The van der Waals surface area contributed by atoms with Crippen molar-refractivity contribution in [2.24, 2.45) is 5.41 Å². The lowest BCUT2D eigenvalue weighted by atomic mass is 9.94. The summed E-state index contributed by atoms with van der Waals surface area (Å²) < 4.78 is 78.3. The first-order chi connectivity index (χ1) is 17.5. The molecule has 3 rings (SSSR count). The predicted octanol–water partition coefficient (Wildman–Crippen LogP) is 9.08. The summed E-state index contributed by atoms with van der Waals surface area (Å²) in [6, 6.07) is 6.19. The maximum absolute atomic E-state index is 13.7. The first-order valence-electron chi connectivity index (χ1n) is 11.1. The van der Waals surface area contributed by atoms with E-state index in [-0.39, 0.29) is 49.6 Å². The van der Waals surface area contributed by atoms with Gasteiger partial charge in [-0.15, -0.1) is 0 Å². The number of alkyl halides is 6. The summed E-state index contributed by atoms with van der Waals surface area (Å²) in [5, 5.41) is 1.50. The van der Waals surface area contributed by atoms with Crippen molar-refractivity contribution in [1.29, 1.82) is 0 Å². The second-order valence-electron chi connectivity index (χ2n) is 8.92. The van der Waals surface area contributed by atoms with Gasteiger partial charge in [-0.25, -0.2) is 0 Å². The second-order valence-corrected chi connectivity index (χ2v) is 10.5. The number of benzene rings is 2. The molecule has 0 heterocycles. The zero-order valence-electron chi connectivity index (χ0n) is 19.3. The number of amides is 1. The van der Waals surface area contributed by atoms with Crippen LogP contribution in [0.25, 0.3) is 6.08 Å². The lowest BCUT2D eigenvalue weighted by Gasteiger charge is -2.18. The van der Waals surface area contributed by atoms with E-state index in [4.69, 9.17) is 46.4 Å². The van der Waals surface area contributed by atoms with Crippen molar-refractivity contribution in [3.05, 3.63) is 73.2 Å². The Morgan fingerprint density at radius 3 is 2.05 bits per heavy atom. The fraction of sp³-hybridized carbons (Fsp3) is 0.360.